The van der Waals surface area contributed by atoms with Crippen molar-refractivity contribution in [2.75, 3.05) is 16.2 Å². The lowest BCUT2D eigenvalue weighted by molar-refractivity contribution is 0.875. The number of nitrogens with zero attached hydrogens (tertiary/aromatic N) is 3. The zero-order chi connectivity index (χ0) is 18.5. The van der Waals surface area contributed by atoms with Gasteiger partial charge in [-0.1, -0.05) is 23.2 Å². The fourth-order valence-electron chi connectivity index (χ4n) is 2.22. The van der Waals surface area contributed by atoms with Crippen LogP contribution in [0.15, 0.2) is 48.8 Å². The first kappa shape index (κ1) is 18.2. The van der Waals surface area contributed by atoms with Crippen molar-refractivity contribution in [3.8, 4) is 11.3 Å². The number of hydrogen-bond acceptors (Lipinski definition) is 6. The minimum Gasteiger partial charge on any atom is -0.352 e. The Morgan fingerprint density at radius 2 is 1.85 bits per heavy atom. The summed E-state index contributed by atoms with van der Waals surface area (Å²) in [6, 6.07) is 11.1. The summed E-state index contributed by atoms with van der Waals surface area (Å²) in [4.78, 5) is 13.2. The Morgan fingerprint density at radius 3 is 2.54 bits per heavy atom. The smallest absolute Gasteiger partial charge is 0.225 e. The van der Waals surface area contributed by atoms with E-state index in [0.717, 1.165) is 11.3 Å². The molecule has 3 aromatic rings. The first-order chi connectivity index (χ1) is 12.5. The van der Waals surface area contributed by atoms with Crippen molar-refractivity contribution in [2.45, 2.75) is 19.9 Å². The van der Waals surface area contributed by atoms with Crippen LogP contribution in [0.4, 0.5) is 17.5 Å². The SMILES string of the molecule is CC(C)Nc1nc(NNc2ccc(Cl)cc2Cl)cc(-c2cccnc2)n1. The Morgan fingerprint density at radius 1 is 1.00 bits per heavy atom. The number of rotatable bonds is 6. The van der Waals surface area contributed by atoms with Gasteiger partial charge in [0.2, 0.25) is 5.95 Å². The highest BCUT2D eigenvalue weighted by atomic mass is 35.5. The molecule has 0 aliphatic rings. The van der Waals surface area contributed by atoms with Gasteiger partial charge in [0.15, 0.2) is 5.82 Å². The third-order valence-corrected chi connectivity index (χ3v) is 3.91. The minimum atomic E-state index is 0.200. The monoisotopic (exact) mass is 388 g/mol. The predicted molar refractivity (Wildman–Crippen MR) is 108 cm³/mol. The molecule has 0 saturated carbocycles. The Labute approximate surface area is 162 Å². The number of hydrogen-bond donors (Lipinski definition) is 3. The molecule has 0 aliphatic heterocycles. The number of aromatic nitrogens is 3. The summed E-state index contributed by atoms with van der Waals surface area (Å²) in [6.07, 6.45) is 3.48. The van der Waals surface area contributed by atoms with Gasteiger partial charge in [-0.2, -0.15) is 4.98 Å². The molecule has 134 valence electrons. The summed E-state index contributed by atoms with van der Waals surface area (Å²) >= 11 is 12.1. The molecule has 0 bridgehead atoms. The number of anilines is 3. The van der Waals surface area contributed by atoms with Crippen molar-refractivity contribution in [2.24, 2.45) is 0 Å². The van der Waals surface area contributed by atoms with E-state index in [0.29, 0.717) is 27.5 Å². The fraction of sp³-hybridized carbons (Fsp3) is 0.167. The van der Waals surface area contributed by atoms with Crippen molar-refractivity contribution in [1.82, 2.24) is 15.0 Å². The van der Waals surface area contributed by atoms with Gasteiger partial charge in [-0.15, -0.1) is 0 Å². The molecule has 0 aliphatic carbocycles. The number of benzene rings is 1. The highest BCUT2D eigenvalue weighted by Crippen LogP contribution is 2.26. The summed E-state index contributed by atoms with van der Waals surface area (Å²) in [6.45, 7) is 4.05. The van der Waals surface area contributed by atoms with E-state index in [1.54, 1.807) is 30.6 Å². The lowest BCUT2D eigenvalue weighted by atomic mass is 10.2. The van der Waals surface area contributed by atoms with Gasteiger partial charge in [-0.3, -0.25) is 15.8 Å². The molecule has 0 unspecified atom stereocenters. The molecule has 2 aromatic heterocycles. The van der Waals surface area contributed by atoms with Crippen LogP contribution in [0, 0.1) is 0 Å². The molecule has 3 N–H and O–H groups in total. The normalized spacial score (nSPS) is 10.7. The Kier molecular flexibility index (Phi) is 5.75. The van der Waals surface area contributed by atoms with Gasteiger partial charge in [0.25, 0.3) is 0 Å². The molecule has 26 heavy (non-hydrogen) atoms. The standard InChI is InChI=1S/C18H18Cl2N6/c1-11(2)22-18-23-16(12-4-3-7-21-10-12)9-17(24-18)26-25-15-6-5-13(19)8-14(15)20/h3-11,25H,1-2H3,(H2,22,23,24,26). The topological polar surface area (TPSA) is 74.8 Å². The van der Waals surface area contributed by atoms with Crippen LogP contribution in [0.5, 0.6) is 0 Å². The van der Waals surface area contributed by atoms with Gasteiger partial charge < -0.3 is 5.32 Å². The molecule has 0 saturated heterocycles. The highest BCUT2D eigenvalue weighted by molar-refractivity contribution is 6.36. The average Bonchev–Trinajstić information content (AvgIpc) is 2.61. The van der Waals surface area contributed by atoms with Crippen LogP contribution in [0.25, 0.3) is 11.3 Å². The average molecular weight is 389 g/mol. The Bertz CT molecular complexity index is 886. The second-order valence-corrected chi connectivity index (χ2v) is 6.72. The summed E-state index contributed by atoms with van der Waals surface area (Å²) in [5.41, 5.74) is 8.44. The van der Waals surface area contributed by atoms with Gasteiger partial charge in [0.05, 0.1) is 16.4 Å². The van der Waals surface area contributed by atoms with E-state index >= 15 is 0 Å². The number of hydrazine groups is 1. The molecule has 1 aromatic carbocycles. The van der Waals surface area contributed by atoms with Crippen molar-refractivity contribution < 1.29 is 0 Å². The lowest BCUT2D eigenvalue weighted by Crippen LogP contribution is -2.16. The van der Waals surface area contributed by atoms with Crippen LogP contribution in [-0.4, -0.2) is 21.0 Å². The quantitative estimate of drug-likeness (QED) is 0.509. The maximum absolute atomic E-state index is 6.18. The van der Waals surface area contributed by atoms with E-state index in [4.69, 9.17) is 23.2 Å². The predicted octanol–water partition coefficient (Wildman–Crippen LogP) is 5.10. The van der Waals surface area contributed by atoms with Gasteiger partial charge >= 0.3 is 0 Å². The fourth-order valence-corrected chi connectivity index (χ4v) is 2.67. The molecule has 0 amide bonds. The Hall–Kier alpha value is -2.57. The van der Waals surface area contributed by atoms with E-state index < -0.39 is 0 Å². The highest BCUT2D eigenvalue weighted by Gasteiger charge is 2.09. The van der Waals surface area contributed by atoms with Crippen LogP contribution in [0.1, 0.15) is 13.8 Å². The largest absolute Gasteiger partial charge is 0.352 e. The molecule has 8 heteroatoms. The molecule has 3 rings (SSSR count). The van der Waals surface area contributed by atoms with Crippen LogP contribution in [0.3, 0.4) is 0 Å². The molecular weight excluding hydrogens is 371 g/mol. The first-order valence-electron chi connectivity index (χ1n) is 8.04. The summed E-state index contributed by atoms with van der Waals surface area (Å²) in [5, 5.41) is 4.30. The first-order valence-corrected chi connectivity index (χ1v) is 8.80. The third kappa shape index (κ3) is 4.74. The lowest BCUT2D eigenvalue weighted by Gasteiger charge is -2.14. The summed E-state index contributed by atoms with van der Waals surface area (Å²) in [5.74, 6) is 1.11. The Balaban J connectivity index is 1.87. The zero-order valence-corrected chi connectivity index (χ0v) is 15.8. The summed E-state index contributed by atoms with van der Waals surface area (Å²) < 4.78 is 0. The van der Waals surface area contributed by atoms with Crippen molar-refractivity contribution in [3.63, 3.8) is 0 Å². The molecular formula is C18H18Cl2N6. The molecule has 0 spiro atoms. The van der Waals surface area contributed by atoms with E-state index in [1.165, 1.54) is 0 Å². The maximum atomic E-state index is 6.18. The van der Waals surface area contributed by atoms with E-state index in [2.05, 4.69) is 31.1 Å². The third-order valence-electron chi connectivity index (χ3n) is 3.36. The van der Waals surface area contributed by atoms with E-state index in [1.807, 2.05) is 32.0 Å². The number of pyridine rings is 1. The molecule has 0 fully saturated rings. The van der Waals surface area contributed by atoms with Gasteiger partial charge in [0, 0.05) is 35.1 Å². The maximum Gasteiger partial charge on any atom is 0.225 e. The van der Waals surface area contributed by atoms with E-state index in [-0.39, 0.29) is 6.04 Å². The molecule has 2 heterocycles. The van der Waals surface area contributed by atoms with Gasteiger partial charge in [0.1, 0.15) is 0 Å². The zero-order valence-electron chi connectivity index (χ0n) is 14.3. The van der Waals surface area contributed by atoms with E-state index in [9.17, 15) is 0 Å². The van der Waals surface area contributed by atoms with Crippen molar-refractivity contribution >= 4 is 40.7 Å². The molecule has 0 atom stereocenters. The van der Waals surface area contributed by atoms with Gasteiger partial charge in [-0.25, -0.2) is 4.98 Å². The van der Waals surface area contributed by atoms with Gasteiger partial charge in [-0.05, 0) is 44.2 Å². The second kappa shape index (κ2) is 8.21. The van der Waals surface area contributed by atoms with Crippen LogP contribution >= 0.6 is 23.2 Å². The minimum absolute atomic E-state index is 0.200. The molecule has 6 nitrogen and oxygen atoms in total. The number of nitrogens with one attached hydrogen (secondary N) is 3. The van der Waals surface area contributed by atoms with Crippen LogP contribution in [0.2, 0.25) is 10.0 Å². The second-order valence-electron chi connectivity index (χ2n) is 5.88. The van der Waals surface area contributed by atoms with Crippen molar-refractivity contribution in [3.05, 3.63) is 58.8 Å². The molecule has 0 radical (unpaired) electrons. The van der Waals surface area contributed by atoms with Crippen molar-refractivity contribution in [1.29, 1.82) is 0 Å². The number of halogens is 2. The van der Waals surface area contributed by atoms with Crippen LogP contribution < -0.4 is 16.2 Å². The summed E-state index contributed by atoms with van der Waals surface area (Å²) in [7, 11) is 0. The van der Waals surface area contributed by atoms with Crippen LogP contribution in [-0.2, 0) is 0 Å².